The summed E-state index contributed by atoms with van der Waals surface area (Å²) in [5, 5.41) is 13.7. The van der Waals surface area contributed by atoms with Crippen molar-refractivity contribution in [2.45, 2.75) is 33.2 Å². The normalized spacial score (nSPS) is 11.1. The number of aliphatic carboxylic acids is 1. The van der Waals surface area contributed by atoms with Crippen molar-refractivity contribution >= 4 is 22.9 Å². The van der Waals surface area contributed by atoms with Crippen molar-refractivity contribution in [3.05, 3.63) is 23.5 Å². The van der Waals surface area contributed by atoms with Crippen molar-refractivity contribution in [2.75, 3.05) is 13.6 Å². The van der Waals surface area contributed by atoms with Gasteiger partial charge in [-0.25, -0.2) is 9.67 Å². The number of hydrogen-bond acceptors (Lipinski definition) is 4. The van der Waals surface area contributed by atoms with E-state index in [4.69, 9.17) is 5.11 Å². The molecule has 22 heavy (non-hydrogen) atoms. The Kier molecular flexibility index (Phi) is 4.44. The van der Waals surface area contributed by atoms with Gasteiger partial charge in [0.25, 0.3) is 5.91 Å². The lowest BCUT2D eigenvalue weighted by molar-refractivity contribution is -0.137. The van der Waals surface area contributed by atoms with Crippen LogP contribution in [0.4, 0.5) is 0 Å². The third kappa shape index (κ3) is 3.08. The minimum Gasteiger partial charge on any atom is -0.481 e. The molecule has 118 valence electrons. The summed E-state index contributed by atoms with van der Waals surface area (Å²) in [5.41, 5.74) is 1.90. The van der Waals surface area contributed by atoms with Gasteiger partial charge in [-0.05, 0) is 26.8 Å². The topological polar surface area (TPSA) is 88.3 Å². The highest BCUT2D eigenvalue weighted by Crippen LogP contribution is 2.22. The molecule has 7 heteroatoms. The maximum Gasteiger partial charge on any atom is 0.305 e. The Morgan fingerprint density at radius 1 is 1.41 bits per heavy atom. The molecule has 0 bridgehead atoms. The first-order valence-corrected chi connectivity index (χ1v) is 7.13. The molecule has 1 N–H and O–H groups in total. The van der Waals surface area contributed by atoms with Gasteiger partial charge >= 0.3 is 5.97 Å². The number of hydrogen-bond donors (Lipinski definition) is 1. The van der Waals surface area contributed by atoms with E-state index in [1.165, 1.54) is 4.90 Å². The van der Waals surface area contributed by atoms with Crippen molar-refractivity contribution in [1.82, 2.24) is 19.7 Å². The molecule has 0 radical (unpaired) electrons. The van der Waals surface area contributed by atoms with Crippen LogP contribution in [0.3, 0.4) is 0 Å². The molecular weight excluding hydrogens is 284 g/mol. The van der Waals surface area contributed by atoms with E-state index in [1.807, 2.05) is 20.8 Å². The molecule has 0 unspecified atom stereocenters. The molecule has 2 aromatic heterocycles. The van der Waals surface area contributed by atoms with Crippen molar-refractivity contribution in [3.8, 4) is 0 Å². The van der Waals surface area contributed by atoms with E-state index in [0.717, 1.165) is 5.69 Å². The molecule has 0 aliphatic carbocycles. The maximum atomic E-state index is 12.6. The Bertz CT molecular complexity index is 721. The van der Waals surface area contributed by atoms with Gasteiger partial charge in [-0.1, -0.05) is 0 Å². The average molecular weight is 304 g/mol. The second-order valence-electron chi connectivity index (χ2n) is 5.60. The highest BCUT2D eigenvalue weighted by atomic mass is 16.4. The summed E-state index contributed by atoms with van der Waals surface area (Å²) in [6.45, 7) is 5.98. The van der Waals surface area contributed by atoms with Gasteiger partial charge in [0.15, 0.2) is 5.65 Å². The number of carboxylic acids is 1. The molecule has 2 heterocycles. The number of fused-ring (bicyclic) bond motifs is 1. The summed E-state index contributed by atoms with van der Waals surface area (Å²) in [4.78, 5) is 29.1. The van der Waals surface area contributed by atoms with Crippen LogP contribution >= 0.6 is 0 Å². The van der Waals surface area contributed by atoms with Gasteiger partial charge in [0.2, 0.25) is 0 Å². The highest BCUT2D eigenvalue weighted by Gasteiger charge is 2.19. The number of carboxylic acid groups (broad SMARTS) is 1. The van der Waals surface area contributed by atoms with Crippen LogP contribution < -0.4 is 0 Å². The van der Waals surface area contributed by atoms with Crippen LogP contribution in [0.25, 0.3) is 11.0 Å². The number of rotatable bonds is 5. The average Bonchev–Trinajstić information content (AvgIpc) is 2.86. The number of pyridine rings is 1. The van der Waals surface area contributed by atoms with Gasteiger partial charge < -0.3 is 10.0 Å². The Labute approximate surface area is 128 Å². The van der Waals surface area contributed by atoms with E-state index >= 15 is 0 Å². The zero-order chi connectivity index (χ0) is 16.4. The number of aryl methyl sites for hydroxylation is 1. The van der Waals surface area contributed by atoms with Gasteiger partial charge in [-0.2, -0.15) is 5.10 Å². The summed E-state index contributed by atoms with van der Waals surface area (Å²) in [5.74, 6) is -1.15. The number of nitrogens with zero attached hydrogens (tertiary/aromatic N) is 4. The standard InChI is InChI=1S/C15H20N4O3/c1-9(2)19-14-12(8-16-19)11(7-10(3)17-14)15(22)18(4)6-5-13(20)21/h7-9H,5-6H2,1-4H3,(H,20,21). The van der Waals surface area contributed by atoms with E-state index in [0.29, 0.717) is 16.6 Å². The first-order valence-electron chi connectivity index (χ1n) is 7.13. The molecule has 0 atom stereocenters. The van der Waals surface area contributed by atoms with Gasteiger partial charge in [0.1, 0.15) is 0 Å². The van der Waals surface area contributed by atoms with Crippen LogP contribution in [0.5, 0.6) is 0 Å². The lowest BCUT2D eigenvalue weighted by Gasteiger charge is -2.17. The van der Waals surface area contributed by atoms with E-state index in [-0.39, 0.29) is 24.9 Å². The minimum atomic E-state index is -0.927. The molecule has 2 aromatic rings. The molecule has 0 aliphatic rings. The lowest BCUT2D eigenvalue weighted by atomic mass is 10.1. The van der Waals surface area contributed by atoms with Crippen LogP contribution in [0.2, 0.25) is 0 Å². The van der Waals surface area contributed by atoms with E-state index in [1.54, 1.807) is 24.0 Å². The number of amides is 1. The zero-order valence-electron chi connectivity index (χ0n) is 13.2. The second kappa shape index (κ2) is 6.13. The van der Waals surface area contributed by atoms with Crippen LogP contribution in [0.15, 0.2) is 12.3 Å². The predicted octanol–water partition coefficient (Wildman–Crippen LogP) is 1.87. The highest BCUT2D eigenvalue weighted by molar-refractivity contribution is 6.05. The van der Waals surface area contributed by atoms with Gasteiger partial charge in [0.05, 0.1) is 23.6 Å². The van der Waals surface area contributed by atoms with Crippen LogP contribution in [-0.4, -0.2) is 50.2 Å². The van der Waals surface area contributed by atoms with Gasteiger partial charge in [-0.3, -0.25) is 9.59 Å². The SMILES string of the molecule is Cc1cc(C(=O)N(C)CCC(=O)O)c2cnn(C(C)C)c2n1. The molecule has 1 amide bonds. The Morgan fingerprint density at radius 3 is 2.68 bits per heavy atom. The molecule has 0 fully saturated rings. The molecule has 7 nitrogen and oxygen atoms in total. The fraction of sp³-hybridized carbons (Fsp3) is 0.467. The van der Waals surface area contributed by atoms with Crippen LogP contribution in [0, 0.1) is 6.92 Å². The quantitative estimate of drug-likeness (QED) is 0.911. The monoisotopic (exact) mass is 304 g/mol. The third-order valence-electron chi connectivity index (χ3n) is 3.42. The number of carbonyl (C=O) groups is 2. The minimum absolute atomic E-state index is 0.0826. The molecule has 0 saturated carbocycles. The summed E-state index contributed by atoms with van der Waals surface area (Å²) < 4.78 is 1.77. The van der Waals surface area contributed by atoms with E-state index in [9.17, 15) is 9.59 Å². The summed E-state index contributed by atoms with van der Waals surface area (Å²) in [6, 6.07) is 1.85. The Morgan fingerprint density at radius 2 is 2.09 bits per heavy atom. The van der Waals surface area contributed by atoms with Gasteiger partial charge in [0, 0.05) is 25.3 Å². The van der Waals surface area contributed by atoms with Crippen molar-refractivity contribution in [3.63, 3.8) is 0 Å². The van der Waals surface area contributed by atoms with Crippen molar-refractivity contribution in [1.29, 1.82) is 0 Å². The maximum absolute atomic E-state index is 12.6. The molecule has 2 rings (SSSR count). The second-order valence-corrected chi connectivity index (χ2v) is 5.60. The number of aromatic nitrogens is 3. The largest absolute Gasteiger partial charge is 0.481 e. The number of carbonyl (C=O) groups excluding carboxylic acids is 1. The smallest absolute Gasteiger partial charge is 0.305 e. The van der Waals surface area contributed by atoms with Crippen molar-refractivity contribution in [2.24, 2.45) is 0 Å². The van der Waals surface area contributed by atoms with E-state index < -0.39 is 5.97 Å². The molecule has 0 spiro atoms. The first kappa shape index (κ1) is 15.9. The zero-order valence-corrected chi connectivity index (χ0v) is 13.2. The fourth-order valence-corrected chi connectivity index (χ4v) is 2.27. The van der Waals surface area contributed by atoms with Gasteiger partial charge in [-0.15, -0.1) is 0 Å². The molecular formula is C15H20N4O3. The Balaban J connectivity index is 2.42. The third-order valence-corrected chi connectivity index (χ3v) is 3.42. The summed E-state index contributed by atoms with van der Waals surface area (Å²) in [7, 11) is 1.60. The molecule has 0 aromatic carbocycles. The lowest BCUT2D eigenvalue weighted by Crippen LogP contribution is -2.29. The summed E-state index contributed by atoms with van der Waals surface area (Å²) >= 11 is 0. The van der Waals surface area contributed by atoms with Crippen LogP contribution in [-0.2, 0) is 4.79 Å². The predicted molar refractivity (Wildman–Crippen MR) is 81.9 cm³/mol. The molecule has 0 saturated heterocycles. The summed E-state index contributed by atoms with van der Waals surface area (Å²) in [6.07, 6.45) is 1.56. The molecule has 0 aliphatic heterocycles. The Hall–Kier alpha value is -2.44. The van der Waals surface area contributed by atoms with Crippen LogP contribution in [0.1, 0.15) is 42.4 Å². The van der Waals surface area contributed by atoms with E-state index in [2.05, 4.69) is 10.1 Å². The fourth-order valence-electron chi connectivity index (χ4n) is 2.27. The van der Waals surface area contributed by atoms with Crippen molar-refractivity contribution < 1.29 is 14.7 Å². The first-order chi connectivity index (χ1) is 10.3.